The summed E-state index contributed by atoms with van der Waals surface area (Å²) in [6.45, 7) is 5.40. The first kappa shape index (κ1) is 16.2. The first-order chi connectivity index (χ1) is 11.5. The fourth-order valence-corrected chi connectivity index (χ4v) is 3.16. The van der Waals surface area contributed by atoms with Crippen LogP contribution in [0.3, 0.4) is 0 Å². The van der Waals surface area contributed by atoms with Gasteiger partial charge in [-0.05, 0) is 30.9 Å². The van der Waals surface area contributed by atoms with Gasteiger partial charge in [0.05, 0.1) is 17.6 Å². The molecule has 1 unspecified atom stereocenters. The number of hydrogen-bond donors (Lipinski definition) is 1. The number of Topliss-reactive ketones (excluding diaryl/α,β-unsaturated/α-hetero) is 1. The van der Waals surface area contributed by atoms with E-state index in [1.54, 1.807) is 0 Å². The van der Waals surface area contributed by atoms with Crippen molar-refractivity contribution in [1.29, 1.82) is 0 Å². The van der Waals surface area contributed by atoms with Gasteiger partial charge >= 0.3 is 0 Å². The molecular formula is C18H21N3O3. The van der Waals surface area contributed by atoms with Gasteiger partial charge in [0.25, 0.3) is 5.43 Å². The monoisotopic (exact) mass is 327 g/mol. The Hall–Kier alpha value is -2.63. The zero-order valence-corrected chi connectivity index (χ0v) is 13.9. The van der Waals surface area contributed by atoms with E-state index >= 15 is 0 Å². The molecule has 1 aromatic carbocycles. The third-order valence-corrected chi connectivity index (χ3v) is 4.36. The Labute approximate surface area is 140 Å². The highest BCUT2D eigenvalue weighted by molar-refractivity contribution is 5.92. The zero-order chi connectivity index (χ0) is 17.3. The van der Waals surface area contributed by atoms with Crippen LogP contribution < -0.4 is 10.3 Å². The Bertz CT molecular complexity index is 828. The number of anilines is 1. The Kier molecular flexibility index (Phi) is 4.38. The normalized spacial score (nSPS) is 17.8. The van der Waals surface area contributed by atoms with Gasteiger partial charge in [0, 0.05) is 20.0 Å². The summed E-state index contributed by atoms with van der Waals surface area (Å²) in [6, 6.07) is 7.69. The number of ketones is 1. The van der Waals surface area contributed by atoms with Crippen LogP contribution in [0.25, 0.3) is 5.69 Å². The molecule has 24 heavy (non-hydrogen) atoms. The van der Waals surface area contributed by atoms with Gasteiger partial charge in [-0.2, -0.15) is 5.10 Å². The minimum atomic E-state index is -0.733. The average molecular weight is 327 g/mol. The highest BCUT2D eigenvalue weighted by Crippen LogP contribution is 2.28. The molecule has 3 rings (SSSR count). The number of aromatic hydroxyl groups is 1. The van der Waals surface area contributed by atoms with Crippen LogP contribution in [0.15, 0.2) is 35.3 Å². The molecule has 0 aliphatic carbocycles. The topological polar surface area (TPSA) is 75.4 Å². The van der Waals surface area contributed by atoms with Crippen molar-refractivity contribution in [3.63, 3.8) is 0 Å². The number of aromatic nitrogens is 2. The maximum atomic E-state index is 11.9. The molecule has 0 bridgehead atoms. The lowest BCUT2D eigenvalue weighted by Crippen LogP contribution is -2.35. The van der Waals surface area contributed by atoms with Crippen molar-refractivity contribution < 1.29 is 9.90 Å². The lowest BCUT2D eigenvalue weighted by Gasteiger charge is -2.34. The molecule has 0 saturated carbocycles. The number of para-hydroxylation sites is 2. The van der Waals surface area contributed by atoms with Gasteiger partial charge in [-0.3, -0.25) is 9.59 Å². The second-order valence-corrected chi connectivity index (χ2v) is 6.37. The molecule has 1 aliphatic heterocycles. The van der Waals surface area contributed by atoms with Crippen LogP contribution in [0.1, 0.15) is 37.2 Å². The van der Waals surface area contributed by atoms with E-state index in [-0.39, 0.29) is 5.69 Å². The van der Waals surface area contributed by atoms with Crippen molar-refractivity contribution in [1.82, 2.24) is 9.78 Å². The van der Waals surface area contributed by atoms with Crippen molar-refractivity contribution in [2.24, 2.45) is 5.92 Å². The molecule has 2 aromatic rings. The molecule has 6 nitrogen and oxygen atoms in total. The third kappa shape index (κ3) is 3.04. The number of benzene rings is 1. The van der Waals surface area contributed by atoms with E-state index in [1.165, 1.54) is 24.2 Å². The Morgan fingerprint density at radius 1 is 1.29 bits per heavy atom. The second kappa shape index (κ2) is 6.47. The van der Waals surface area contributed by atoms with Gasteiger partial charge in [0.1, 0.15) is 0 Å². The third-order valence-electron chi connectivity index (χ3n) is 4.36. The molecule has 1 aromatic heterocycles. The van der Waals surface area contributed by atoms with Crippen molar-refractivity contribution >= 4 is 11.5 Å². The Morgan fingerprint density at radius 3 is 2.67 bits per heavy atom. The first-order valence-corrected chi connectivity index (χ1v) is 8.15. The lowest BCUT2D eigenvalue weighted by molar-refractivity contribution is 0.100. The molecule has 2 heterocycles. The summed E-state index contributed by atoms with van der Waals surface area (Å²) in [7, 11) is 0. The van der Waals surface area contributed by atoms with Crippen molar-refractivity contribution in [2.45, 2.75) is 26.7 Å². The number of rotatable bonds is 3. The molecular weight excluding hydrogens is 306 g/mol. The van der Waals surface area contributed by atoms with E-state index in [0.29, 0.717) is 5.92 Å². The van der Waals surface area contributed by atoms with Crippen molar-refractivity contribution in [2.75, 3.05) is 18.0 Å². The van der Waals surface area contributed by atoms with Crippen LogP contribution in [0.5, 0.6) is 5.75 Å². The Morgan fingerprint density at radius 2 is 2.00 bits per heavy atom. The molecule has 1 N–H and O–H groups in total. The molecule has 1 atom stereocenters. The lowest BCUT2D eigenvalue weighted by atomic mass is 9.99. The van der Waals surface area contributed by atoms with Crippen LogP contribution in [0.4, 0.5) is 5.69 Å². The standard InChI is InChI=1S/C18H21N3O3/c1-12-6-5-9-20(10-12)14-7-3-4-8-15(14)21-11-16(23)18(24)17(19-21)13(2)22/h3-4,7-8,11-12,23H,5-6,9-10H2,1-2H3. The van der Waals surface area contributed by atoms with Crippen LogP contribution in [0.2, 0.25) is 0 Å². The largest absolute Gasteiger partial charge is 0.503 e. The summed E-state index contributed by atoms with van der Waals surface area (Å²) in [5.41, 5.74) is 0.734. The highest BCUT2D eigenvalue weighted by atomic mass is 16.3. The van der Waals surface area contributed by atoms with E-state index in [0.717, 1.165) is 30.9 Å². The maximum absolute atomic E-state index is 11.9. The molecule has 1 aliphatic rings. The van der Waals surface area contributed by atoms with E-state index in [2.05, 4.69) is 16.9 Å². The van der Waals surface area contributed by atoms with Gasteiger partial charge in [0.2, 0.25) is 0 Å². The van der Waals surface area contributed by atoms with Gasteiger partial charge in [-0.25, -0.2) is 4.68 Å². The number of hydrogen-bond acceptors (Lipinski definition) is 5. The smallest absolute Gasteiger partial charge is 0.252 e. The molecule has 1 saturated heterocycles. The van der Waals surface area contributed by atoms with Crippen LogP contribution in [0, 0.1) is 5.92 Å². The predicted molar refractivity (Wildman–Crippen MR) is 92.1 cm³/mol. The SMILES string of the molecule is CC(=O)c1nn(-c2ccccc2N2CCCC(C)C2)cc(O)c1=O. The first-order valence-electron chi connectivity index (χ1n) is 8.15. The molecule has 0 amide bonds. The van der Waals surface area contributed by atoms with E-state index in [9.17, 15) is 14.7 Å². The predicted octanol–water partition coefficient (Wildman–Crippen LogP) is 2.38. The molecule has 0 radical (unpaired) electrons. The summed E-state index contributed by atoms with van der Waals surface area (Å²) in [4.78, 5) is 25.8. The quantitative estimate of drug-likeness (QED) is 0.876. The van der Waals surface area contributed by atoms with Crippen molar-refractivity contribution in [3.05, 3.63) is 46.4 Å². The van der Waals surface area contributed by atoms with Gasteiger partial charge in [-0.1, -0.05) is 19.1 Å². The highest BCUT2D eigenvalue weighted by Gasteiger charge is 2.21. The number of carbonyl (C=O) groups excluding carboxylic acids is 1. The average Bonchev–Trinajstić information content (AvgIpc) is 2.57. The summed E-state index contributed by atoms with van der Waals surface area (Å²) in [5.74, 6) is -0.333. The number of nitrogens with zero attached hydrogens (tertiary/aromatic N) is 3. The second-order valence-electron chi connectivity index (χ2n) is 6.37. The molecule has 0 spiro atoms. The summed E-state index contributed by atoms with van der Waals surface area (Å²) in [6.07, 6.45) is 3.60. The van der Waals surface area contributed by atoms with Gasteiger partial charge in [-0.15, -0.1) is 0 Å². The maximum Gasteiger partial charge on any atom is 0.252 e. The van der Waals surface area contributed by atoms with E-state index in [4.69, 9.17) is 0 Å². The number of piperidine rings is 1. The summed E-state index contributed by atoms with van der Waals surface area (Å²) >= 11 is 0. The summed E-state index contributed by atoms with van der Waals surface area (Å²) in [5, 5.41) is 14.0. The zero-order valence-electron chi connectivity index (χ0n) is 13.9. The summed E-state index contributed by atoms with van der Waals surface area (Å²) < 4.78 is 1.42. The number of carbonyl (C=O) groups is 1. The fourth-order valence-electron chi connectivity index (χ4n) is 3.16. The van der Waals surface area contributed by atoms with Gasteiger partial charge in [0.15, 0.2) is 17.2 Å². The van der Waals surface area contributed by atoms with Crippen LogP contribution >= 0.6 is 0 Å². The molecule has 126 valence electrons. The minimum absolute atomic E-state index is 0.253. The minimum Gasteiger partial charge on any atom is -0.503 e. The molecule has 1 fully saturated rings. The van der Waals surface area contributed by atoms with Crippen LogP contribution in [-0.4, -0.2) is 33.8 Å². The van der Waals surface area contributed by atoms with E-state index < -0.39 is 17.0 Å². The Balaban J connectivity index is 2.11. The van der Waals surface area contributed by atoms with Gasteiger partial charge < -0.3 is 10.0 Å². The molecule has 6 heteroatoms. The van der Waals surface area contributed by atoms with Crippen LogP contribution in [-0.2, 0) is 0 Å². The fraction of sp³-hybridized carbons (Fsp3) is 0.389. The van der Waals surface area contributed by atoms with E-state index in [1.807, 2.05) is 24.3 Å². The van der Waals surface area contributed by atoms with Crippen molar-refractivity contribution in [3.8, 4) is 11.4 Å².